The highest BCUT2D eigenvalue weighted by Crippen LogP contribution is 2.26. The van der Waals surface area contributed by atoms with Crippen molar-refractivity contribution in [2.75, 3.05) is 0 Å². The predicted octanol–water partition coefficient (Wildman–Crippen LogP) is 3.35. The Bertz CT molecular complexity index is 687. The van der Waals surface area contributed by atoms with Crippen LogP contribution < -0.4 is 11.3 Å². The van der Waals surface area contributed by atoms with E-state index >= 15 is 0 Å². The zero-order valence-corrected chi connectivity index (χ0v) is 12.2. The first-order valence-corrected chi connectivity index (χ1v) is 7.45. The van der Waals surface area contributed by atoms with Crippen LogP contribution in [0.15, 0.2) is 48.5 Å². The van der Waals surface area contributed by atoms with E-state index in [1.165, 1.54) is 15.8 Å². The molecule has 2 aromatic carbocycles. The third-order valence-corrected chi connectivity index (χ3v) is 4.42. The minimum absolute atomic E-state index is 0.0930. The molecule has 3 nitrogen and oxygen atoms in total. The van der Waals surface area contributed by atoms with Crippen molar-refractivity contribution < 1.29 is 0 Å². The Morgan fingerprint density at radius 3 is 2.80 bits per heavy atom. The average molecular weight is 283 g/mol. The van der Waals surface area contributed by atoms with Crippen LogP contribution in [0.3, 0.4) is 0 Å². The molecule has 0 aliphatic heterocycles. The molecule has 0 saturated carbocycles. The minimum Gasteiger partial charge on any atom is -0.271 e. The van der Waals surface area contributed by atoms with E-state index in [0.717, 1.165) is 16.9 Å². The van der Waals surface area contributed by atoms with Crippen molar-refractivity contribution in [2.24, 2.45) is 5.84 Å². The van der Waals surface area contributed by atoms with Gasteiger partial charge in [-0.1, -0.05) is 42.0 Å². The van der Waals surface area contributed by atoms with Crippen molar-refractivity contribution in [1.82, 2.24) is 10.4 Å². The van der Waals surface area contributed by atoms with E-state index in [-0.39, 0.29) is 6.04 Å². The summed E-state index contributed by atoms with van der Waals surface area (Å²) in [5.41, 5.74) is 6.41. The summed E-state index contributed by atoms with van der Waals surface area (Å²) < 4.78 is 1.22. The van der Waals surface area contributed by atoms with Gasteiger partial charge in [0.05, 0.1) is 21.3 Å². The maximum Gasteiger partial charge on any atom is 0.0958 e. The molecule has 3 rings (SSSR count). The predicted molar refractivity (Wildman–Crippen MR) is 84.6 cm³/mol. The van der Waals surface area contributed by atoms with Crippen LogP contribution in [-0.2, 0) is 6.42 Å². The summed E-state index contributed by atoms with van der Waals surface area (Å²) in [6, 6.07) is 16.7. The molecular formula is C16H17N3S. The van der Waals surface area contributed by atoms with Gasteiger partial charge in [0, 0.05) is 6.42 Å². The highest BCUT2D eigenvalue weighted by atomic mass is 32.1. The Balaban J connectivity index is 1.87. The summed E-state index contributed by atoms with van der Waals surface area (Å²) in [6.45, 7) is 2.09. The number of aryl methyl sites for hydroxylation is 1. The minimum atomic E-state index is 0.0930. The van der Waals surface area contributed by atoms with E-state index in [4.69, 9.17) is 5.84 Å². The zero-order valence-electron chi connectivity index (χ0n) is 11.3. The maximum atomic E-state index is 5.72. The normalized spacial score (nSPS) is 12.7. The largest absolute Gasteiger partial charge is 0.271 e. The molecule has 1 unspecified atom stereocenters. The van der Waals surface area contributed by atoms with Crippen molar-refractivity contribution >= 4 is 21.6 Å². The van der Waals surface area contributed by atoms with Crippen molar-refractivity contribution in [3.05, 3.63) is 64.7 Å². The van der Waals surface area contributed by atoms with Crippen LogP contribution in [0.2, 0.25) is 0 Å². The number of thiazole rings is 1. The van der Waals surface area contributed by atoms with E-state index < -0.39 is 0 Å². The number of para-hydroxylation sites is 1. The summed E-state index contributed by atoms with van der Waals surface area (Å²) in [6.07, 6.45) is 0.805. The van der Waals surface area contributed by atoms with Gasteiger partial charge in [-0.25, -0.2) is 4.98 Å². The fraction of sp³-hybridized carbons (Fsp3) is 0.188. The molecule has 0 bridgehead atoms. The van der Waals surface area contributed by atoms with Crippen molar-refractivity contribution in [2.45, 2.75) is 19.4 Å². The molecule has 3 N–H and O–H groups in total. The van der Waals surface area contributed by atoms with Gasteiger partial charge < -0.3 is 0 Å². The fourth-order valence-corrected chi connectivity index (χ4v) is 3.35. The van der Waals surface area contributed by atoms with Crippen molar-refractivity contribution in [3.8, 4) is 0 Å². The van der Waals surface area contributed by atoms with E-state index in [2.05, 4.69) is 47.7 Å². The van der Waals surface area contributed by atoms with Crippen LogP contribution in [0.1, 0.15) is 22.2 Å². The number of nitrogens with two attached hydrogens (primary N) is 1. The average Bonchev–Trinajstić information content (AvgIpc) is 2.87. The molecule has 4 heteroatoms. The summed E-state index contributed by atoms with van der Waals surface area (Å²) in [4.78, 5) is 4.67. The van der Waals surface area contributed by atoms with Gasteiger partial charge in [0.1, 0.15) is 0 Å². The second-order valence-corrected chi connectivity index (χ2v) is 6.03. The van der Waals surface area contributed by atoms with Crippen molar-refractivity contribution in [3.63, 3.8) is 0 Å². The molecule has 20 heavy (non-hydrogen) atoms. The SMILES string of the molecule is Cc1cccc(C(Cc2nc3ccccc3s2)NN)c1. The van der Waals surface area contributed by atoms with Crippen molar-refractivity contribution in [1.29, 1.82) is 0 Å². The molecular weight excluding hydrogens is 266 g/mol. The third-order valence-electron chi connectivity index (χ3n) is 3.36. The maximum absolute atomic E-state index is 5.72. The lowest BCUT2D eigenvalue weighted by Crippen LogP contribution is -2.29. The Kier molecular flexibility index (Phi) is 3.78. The number of benzene rings is 2. The summed E-state index contributed by atoms with van der Waals surface area (Å²) >= 11 is 1.73. The van der Waals surface area contributed by atoms with E-state index in [0.29, 0.717) is 0 Å². The van der Waals surface area contributed by atoms with Crippen LogP contribution in [0.4, 0.5) is 0 Å². The van der Waals surface area contributed by atoms with Gasteiger partial charge in [0.2, 0.25) is 0 Å². The Hall–Kier alpha value is -1.75. The molecule has 0 amide bonds. The number of fused-ring (bicyclic) bond motifs is 1. The molecule has 1 aromatic heterocycles. The summed E-state index contributed by atoms with van der Waals surface area (Å²) in [5, 5.41) is 1.11. The monoisotopic (exact) mass is 283 g/mol. The smallest absolute Gasteiger partial charge is 0.0958 e. The third kappa shape index (κ3) is 2.72. The second kappa shape index (κ2) is 5.71. The lowest BCUT2D eigenvalue weighted by Gasteiger charge is -2.15. The van der Waals surface area contributed by atoms with Gasteiger partial charge in [-0.2, -0.15) is 0 Å². The molecule has 0 aliphatic carbocycles. The quantitative estimate of drug-likeness (QED) is 0.570. The van der Waals surface area contributed by atoms with Crippen LogP contribution in [0, 0.1) is 6.92 Å². The number of hydrogen-bond donors (Lipinski definition) is 2. The number of aromatic nitrogens is 1. The Labute approximate surface area is 122 Å². The molecule has 0 aliphatic rings. The molecule has 0 radical (unpaired) electrons. The lowest BCUT2D eigenvalue weighted by molar-refractivity contribution is 0.551. The number of nitrogens with one attached hydrogen (secondary N) is 1. The zero-order chi connectivity index (χ0) is 13.9. The molecule has 1 heterocycles. The molecule has 3 aromatic rings. The first-order valence-electron chi connectivity index (χ1n) is 6.63. The summed E-state index contributed by atoms with van der Waals surface area (Å²) in [5.74, 6) is 5.72. The van der Waals surface area contributed by atoms with Crippen LogP contribution in [0.25, 0.3) is 10.2 Å². The molecule has 0 spiro atoms. The topological polar surface area (TPSA) is 50.9 Å². The van der Waals surface area contributed by atoms with E-state index in [1.807, 2.05) is 18.2 Å². The Morgan fingerprint density at radius 1 is 1.20 bits per heavy atom. The first-order chi connectivity index (χ1) is 9.76. The lowest BCUT2D eigenvalue weighted by atomic mass is 10.0. The number of hydrazine groups is 1. The molecule has 0 saturated heterocycles. The Morgan fingerprint density at radius 2 is 2.05 bits per heavy atom. The molecule has 0 fully saturated rings. The fourth-order valence-electron chi connectivity index (χ4n) is 2.34. The van der Waals surface area contributed by atoms with Gasteiger partial charge in [-0.15, -0.1) is 11.3 Å². The molecule has 102 valence electrons. The highest BCUT2D eigenvalue weighted by Gasteiger charge is 2.13. The second-order valence-electron chi connectivity index (χ2n) is 4.91. The standard InChI is InChI=1S/C16H17N3S/c1-11-5-4-6-12(9-11)14(19-17)10-16-18-13-7-2-3-8-15(13)20-16/h2-9,14,19H,10,17H2,1H3. The van der Waals surface area contributed by atoms with Gasteiger partial charge in [-0.05, 0) is 24.6 Å². The van der Waals surface area contributed by atoms with E-state index in [1.54, 1.807) is 11.3 Å². The highest BCUT2D eigenvalue weighted by molar-refractivity contribution is 7.18. The molecule has 1 atom stereocenters. The number of hydrogen-bond acceptors (Lipinski definition) is 4. The van der Waals surface area contributed by atoms with Gasteiger partial charge in [-0.3, -0.25) is 11.3 Å². The van der Waals surface area contributed by atoms with Gasteiger partial charge in [0.25, 0.3) is 0 Å². The van der Waals surface area contributed by atoms with E-state index in [9.17, 15) is 0 Å². The van der Waals surface area contributed by atoms with Crippen LogP contribution >= 0.6 is 11.3 Å². The summed E-state index contributed by atoms with van der Waals surface area (Å²) in [7, 11) is 0. The van der Waals surface area contributed by atoms with Gasteiger partial charge in [0.15, 0.2) is 0 Å². The first kappa shape index (κ1) is 13.2. The number of rotatable bonds is 4. The van der Waals surface area contributed by atoms with Gasteiger partial charge >= 0.3 is 0 Å². The van der Waals surface area contributed by atoms with Crippen LogP contribution in [-0.4, -0.2) is 4.98 Å². The van der Waals surface area contributed by atoms with Crippen LogP contribution in [0.5, 0.6) is 0 Å². The number of nitrogens with zero attached hydrogens (tertiary/aromatic N) is 1.